The molecule has 0 spiro atoms. The fourth-order valence-electron chi connectivity index (χ4n) is 3.27. The van der Waals surface area contributed by atoms with Gasteiger partial charge in [-0.05, 0) is 50.7 Å². The monoisotopic (exact) mass is 332 g/mol. The Hall–Kier alpha value is -1.84. The van der Waals surface area contributed by atoms with Gasteiger partial charge < -0.3 is 9.47 Å². The molecule has 24 heavy (non-hydrogen) atoms. The maximum Gasteiger partial charge on any atom is 0.338 e. The van der Waals surface area contributed by atoms with E-state index in [-0.39, 0.29) is 17.9 Å². The van der Waals surface area contributed by atoms with Crippen molar-refractivity contribution in [2.45, 2.75) is 59.5 Å². The van der Waals surface area contributed by atoms with Crippen molar-refractivity contribution in [1.29, 1.82) is 0 Å². The van der Waals surface area contributed by atoms with Crippen molar-refractivity contribution in [2.24, 2.45) is 11.3 Å². The largest absolute Gasteiger partial charge is 0.465 e. The molecule has 1 aliphatic rings. The lowest BCUT2D eigenvalue weighted by atomic mass is 9.81. The average molecular weight is 332 g/mol. The molecule has 0 radical (unpaired) electrons. The molecule has 0 bridgehead atoms. The van der Waals surface area contributed by atoms with Gasteiger partial charge in [-0.2, -0.15) is 0 Å². The van der Waals surface area contributed by atoms with Crippen LogP contribution in [0.5, 0.6) is 0 Å². The predicted octanol–water partition coefficient (Wildman–Crippen LogP) is 4.30. The molecular formula is C20H28O4. The molecule has 132 valence electrons. The van der Waals surface area contributed by atoms with Gasteiger partial charge in [0.2, 0.25) is 0 Å². The molecule has 1 saturated carbocycles. The standard InChI is InChI=1S/C20H28O4/c1-5-20(19(22)23-13-14(2)3)12-6-7-17(20)24-18(21)16-10-8-15(4)9-11-16/h8-11,14,17H,5-7,12-13H2,1-4H3. The first kappa shape index (κ1) is 18.5. The predicted molar refractivity (Wildman–Crippen MR) is 92.8 cm³/mol. The van der Waals surface area contributed by atoms with Gasteiger partial charge in [0.05, 0.1) is 12.2 Å². The molecule has 2 unspecified atom stereocenters. The number of hydrogen-bond acceptors (Lipinski definition) is 4. The fourth-order valence-corrected chi connectivity index (χ4v) is 3.27. The Morgan fingerprint density at radius 3 is 2.50 bits per heavy atom. The lowest BCUT2D eigenvalue weighted by Gasteiger charge is -2.32. The molecule has 0 aliphatic heterocycles. The van der Waals surface area contributed by atoms with Gasteiger partial charge in [-0.25, -0.2) is 4.79 Å². The van der Waals surface area contributed by atoms with Crippen molar-refractivity contribution in [1.82, 2.24) is 0 Å². The van der Waals surface area contributed by atoms with Gasteiger partial charge in [0, 0.05) is 0 Å². The van der Waals surface area contributed by atoms with Crippen LogP contribution in [0.15, 0.2) is 24.3 Å². The van der Waals surface area contributed by atoms with Crippen molar-refractivity contribution >= 4 is 11.9 Å². The van der Waals surface area contributed by atoms with E-state index in [1.165, 1.54) is 0 Å². The molecule has 1 fully saturated rings. The van der Waals surface area contributed by atoms with E-state index in [1.807, 2.05) is 39.8 Å². The van der Waals surface area contributed by atoms with Gasteiger partial charge in [0.15, 0.2) is 0 Å². The lowest BCUT2D eigenvalue weighted by Crippen LogP contribution is -2.42. The molecule has 1 aromatic rings. The lowest BCUT2D eigenvalue weighted by molar-refractivity contribution is -0.163. The van der Waals surface area contributed by atoms with Crippen LogP contribution in [0.3, 0.4) is 0 Å². The number of esters is 2. The Labute approximate surface area is 144 Å². The second-order valence-corrected chi connectivity index (χ2v) is 7.15. The number of carbonyl (C=O) groups is 2. The summed E-state index contributed by atoms with van der Waals surface area (Å²) in [6, 6.07) is 7.29. The number of aryl methyl sites for hydroxylation is 1. The van der Waals surface area contributed by atoms with Crippen molar-refractivity contribution < 1.29 is 19.1 Å². The van der Waals surface area contributed by atoms with Crippen LogP contribution in [0.1, 0.15) is 62.4 Å². The highest BCUT2D eigenvalue weighted by Gasteiger charge is 2.51. The van der Waals surface area contributed by atoms with Crippen LogP contribution >= 0.6 is 0 Å². The molecule has 4 nitrogen and oxygen atoms in total. The molecule has 0 saturated heterocycles. The SMILES string of the molecule is CCC1(C(=O)OCC(C)C)CCCC1OC(=O)c1ccc(C)cc1. The van der Waals surface area contributed by atoms with Crippen LogP contribution in [-0.2, 0) is 14.3 Å². The third kappa shape index (κ3) is 3.97. The summed E-state index contributed by atoms with van der Waals surface area (Å²) in [4.78, 5) is 25.1. The maximum absolute atomic E-state index is 12.7. The summed E-state index contributed by atoms with van der Waals surface area (Å²) in [5.74, 6) is -0.299. The first-order valence-electron chi connectivity index (χ1n) is 8.84. The van der Waals surface area contributed by atoms with Gasteiger partial charge in [0.1, 0.15) is 11.5 Å². The van der Waals surface area contributed by atoms with Crippen LogP contribution in [-0.4, -0.2) is 24.6 Å². The molecule has 0 amide bonds. The zero-order valence-corrected chi connectivity index (χ0v) is 15.1. The summed E-state index contributed by atoms with van der Waals surface area (Å²) >= 11 is 0. The first-order chi connectivity index (χ1) is 11.4. The molecule has 1 aliphatic carbocycles. The zero-order valence-electron chi connectivity index (χ0n) is 15.1. The molecule has 0 heterocycles. The summed E-state index contributed by atoms with van der Waals surface area (Å²) in [6.45, 7) is 8.36. The van der Waals surface area contributed by atoms with E-state index in [4.69, 9.17) is 9.47 Å². The van der Waals surface area contributed by atoms with Gasteiger partial charge in [-0.1, -0.05) is 38.5 Å². The van der Waals surface area contributed by atoms with Crippen LogP contribution in [0, 0.1) is 18.3 Å². The number of rotatable bonds is 6. The van der Waals surface area contributed by atoms with E-state index in [2.05, 4.69) is 0 Å². The molecule has 2 atom stereocenters. The Morgan fingerprint density at radius 1 is 1.25 bits per heavy atom. The average Bonchev–Trinajstić information content (AvgIpc) is 2.96. The van der Waals surface area contributed by atoms with Crippen LogP contribution in [0.4, 0.5) is 0 Å². The Bertz CT molecular complexity index is 576. The molecule has 2 rings (SSSR count). The highest BCUT2D eigenvalue weighted by molar-refractivity contribution is 5.90. The quantitative estimate of drug-likeness (QED) is 0.729. The third-order valence-electron chi connectivity index (χ3n) is 4.83. The second kappa shape index (κ2) is 7.82. The molecular weight excluding hydrogens is 304 g/mol. The minimum Gasteiger partial charge on any atom is -0.465 e. The smallest absolute Gasteiger partial charge is 0.338 e. The number of hydrogen-bond donors (Lipinski definition) is 0. The fraction of sp³-hybridized carbons (Fsp3) is 0.600. The minimum atomic E-state index is -0.699. The summed E-state index contributed by atoms with van der Waals surface area (Å²) in [5, 5.41) is 0. The number of carbonyl (C=O) groups excluding carboxylic acids is 2. The van der Waals surface area contributed by atoms with Gasteiger partial charge >= 0.3 is 11.9 Å². The number of benzene rings is 1. The normalized spacial score (nSPS) is 23.3. The van der Waals surface area contributed by atoms with E-state index in [1.54, 1.807) is 12.1 Å². The van der Waals surface area contributed by atoms with Crippen molar-refractivity contribution in [3.05, 3.63) is 35.4 Å². The van der Waals surface area contributed by atoms with Gasteiger partial charge in [-0.3, -0.25) is 4.79 Å². The van der Waals surface area contributed by atoms with Crippen molar-refractivity contribution in [3.8, 4) is 0 Å². The molecule has 0 N–H and O–H groups in total. The first-order valence-corrected chi connectivity index (χ1v) is 8.84. The van der Waals surface area contributed by atoms with E-state index in [0.29, 0.717) is 31.4 Å². The second-order valence-electron chi connectivity index (χ2n) is 7.15. The van der Waals surface area contributed by atoms with E-state index in [9.17, 15) is 9.59 Å². The summed E-state index contributed by atoms with van der Waals surface area (Å²) in [5.41, 5.74) is 0.913. The summed E-state index contributed by atoms with van der Waals surface area (Å²) in [6.07, 6.45) is 2.51. The highest BCUT2D eigenvalue weighted by Crippen LogP contribution is 2.44. The van der Waals surface area contributed by atoms with Crippen molar-refractivity contribution in [2.75, 3.05) is 6.61 Å². The number of ether oxygens (including phenoxy) is 2. The topological polar surface area (TPSA) is 52.6 Å². The van der Waals surface area contributed by atoms with Crippen LogP contribution in [0.2, 0.25) is 0 Å². The van der Waals surface area contributed by atoms with Crippen molar-refractivity contribution in [3.63, 3.8) is 0 Å². The Morgan fingerprint density at radius 2 is 1.92 bits per heavy atom. The van der Waals surface area contributed by atoms with E-state index >= 15 is 0 Å². The maximum atomic E-state index is 12.7. The van der Waals surface area contributed by atoms with E-state index in [0.717, 1.165) is 12.0 Å². The minimum absolute atomic E-state index is 0.224. The molecule has 0 aromatic heterocycles. The molecule has 4 heteroatoms. The zero-order chi connectivity index (χ0) is 17.7. The van der Waals surface area contributed by atoms with E-state index < -0.39 is 11.5 Å². The van der Waals surface area contributed by atoms with Gasteiger partial charge in [-0.15, -0.1) is 0 Å². The molecule has 1 aromatic carbocycles. The Balaban J connectivity index is 2.10. The third-order valence-corrected chi connectivity index (χ3v) is 4.83. The summed E-state index contributed by atoms with van der Waals surface area (Å²) < 4.78 is 11.2. The van der Waals surface area contributed by atoms with Crippen LogP contribution in [0.25, 0.3) is 0 Å². The van der Waals surface area contributed by atoms with Gasteiger partial charge in [0.25, 0.3) is 0 Å². The highest BCUT2D eigenvalue weighted by atomic mass is 16.6. The Kier molecular flexibility index (Phi) is 6.03. The summed E-state index contributed by atoms with van der Waals surface area (Å²) in [7, 11) is 0. The van der Waals surface area contributed by atoms with Crippen LogP contribution < -0.4 is 0 Å².